The lowest BCUT2D eigenvalue weighted by Crippen LogP contribution is -2.32. The van der Waals surface area contributed by atoms with Crippen LogP contribution in [0, 0.1) is 0 Å². The molecular weight excluding hydrogens is 316 g/mol. The third-order valence-corrected chi connectivity index (χ3v) is 5.62. The molecule has 0 unspecified atom stereocenters. The number of imidazole rings is 1. The van der Waals surface area contributed by atoms with Crippen molar-refractivity contribution >= 4 is 28.3 Å². The number of para-hydroxylation sites is 2. The van der Waals surface area contributed by atoms with Gasteiger partial charge in [0.25, 0.3) is 0 Å². The lowest BCUT2D eigenvalue weighted by Gasteiger charge is -2.26. The van der Waals surface area contributed by atoms with Crippen molar-refractivity contribution in [3.05, 3.63) is 46.7 Å². The Morgan fingerprint density at radius 2 is 1.88 bits per heavy atom. The van der Waals surface area contributed by atoms with E-state index in [2.05, 4.69) is 56.6 Å². The summed E-state index contributed by atoms with van der Waals surface area (Å²) in [7, 11) is 0. The minimum Gasteiger partial charge on any atom is -0.351 e. The summed E-state index contributed by atoms with van der Waals surface area (Å²) in [4.78, 5) is 8.74. The Morgan fingerprint density at radius 1 is 1.00 bits per heavy atom. The molecule has 126 valence electrons. The van der Waals surface area contributed by atoms with E-state index in [1.54, 1.807) is 11.3 Å². The number of fused-ring (bicyclic) bond motifs is 1. The first-order valence-corrected chi connectivity index (χ1v) is 9.72. The standard InChI is InChI=1S/C19H24N4S/c1-4-10-22(11-5-1)12-13-23-18-9-3-2-8-17(18)21-19(23)20-15-16-7-6-14-24-16/h2-3,6-9,14H,1,4-5,10-13,15H2,(H,20,21). The third kappa shape index (κ3) is 3.47. The molecule has 1 aliphatic rings. The van der Waals surface area contributed by atoms with Crippen LogP contribution >= 0.6 is 11.3 Å². The highest BCUT2D eigenvalue weighted by Crippen LogP contribution is 2.21. The van der Waals surface area contributed by atoms with Crippen LogP contribution in [0.15, 0.2) is 41.8 Å². The number of likely N-dealkylation sites (tertiary alicyclic amines) is 1. The lowest BCUT2D eigenvalue weighted by atomic mass is 10.1. The quantitative estimate of drug-likeness (QED) is 0.730. The normalized spacial score (nSPS) is 15.8. The van der Waals surface area contributed by atoms with E-state index in [-0.39, 0.29) is 0 Å². The zero-order chi connectivity index (χ0) is 16.2. The second-order valence-corrected chi connectivity index (χ2v) is 7.44. The molecule has 3 aromatic rings. The topological polar surface area (TPSA) is 33.1 Å². The van der Waals surface area contributed by atoms with Gasteiger partial charge in [-0.1, -0.05) is 24.6 Å². The first kappa shape index (κ1) is 15.7. The summed E-state index contributed by atoms with van der Waals surface area (Å²) >= 11 is 1.78. The molecular formula is C19H24N4S. The highest BCUT2D eigenvalue weighted by Gasteiger charge is 2.14. The van der Waals surface area contributed by atoms with Crippen LogP contribution in [-0.4, -0.2) is 34.1 Å². The van der Waals surface area contributed by atoms with Crippen LogP contribution in [0.25, 0.3) is 11.0 Å². The monoisotopic (exact) mass is 340 g/mol. The van der Waals surface area contributed by atoms with Gasteiger partial charge in [0.15, 0.2) is 0 Å². The van der Waals surface area contributed by atoms with E-state index in [0.717, 1.165) is 31.1 Å². The molecule has 1 N–H and O–H groups in total. The maximum atomic E-state index is 4.81. The molecule has 3 heterocycles. The first-order valence-electron chi connectivity index (χ1n) is 8.84. The Kier molecular flexibility index (Phi) is 4.81. The fourth-order valence-electron chi connectivity index (χ4n) is 3.44. The highest BCUT2D eigenvalue weighted by atomic mass is 32.1. The highest BCUT2D eigenvalue weighted by molar-refractivity contribution is 7.09. The molecule has 4 nitrogen and oxygen atoms in total. The van der Waals surface area contributed by atoms with Gasteiger partial charge in [-0.3, -0.25) is 0 Å². The Bertz CT molecular complexity index is 772. The van der Waals surface area contributed by atoms with Gasteiger partial charge >= 0.3 is 0 Å². The SMILES string of the molecule is c1csc(CNc2nc3ccccc3n2CCN2CCCCC2)c1. The van der Waals surface area contributed by atoms with Gasteiger partial charge in [-0.25, -0.2) is 4.98 Å². The number of thiophene rings is 1. The Hall–Kier alpha value is -1.85. The number of hydrogen-bond donors (Lipinski definition) is 1. The largest absolute Gasteiger partial charge is 0.351 e. The third-order valence-electron chi connectivity index (χ3n) is 4.74. The minimum absolute atomic E-state index is 0.838. The molecule has 1 aliphatic heterocycles. The van der Waals surface area contributed by atoms with E-state index in [9.17, 15) is 0 Å². The predicted octanol–water partition coefficient (Wildman–Crippen LogP) is 4.20. The summed E-state index contributed by atoms with van der Waals surface area (Å²) in [6.07, 6.45) is 4.07. The average Bonchev–Trinajstić information content (AvgIpc) is 3.26. The van der Waals surface area contributed by atoms with E-state index in [4.69, 9.17) is 4.98 Å². The van der Waals surface area contributed by atoms with Crippen molar-refractivity contribution < 1.29 is 0 Å². The number of rotatable bonds is 6. The number of hydrogen-bond acceptors (Lipinski definition) is 4. The molecule has 0 bridgehead atoms. The molecule has 4 rings (SSSR count). The van der Waals surface area contributed by atoms with Crippen molar-refractivity contribution in [2.45, 2.75) is 32.4 Å². The van der Waals surface area contributed by atoms with Crippen molar-refractivity contribution in [1.29, 1.82) is 0 Å². The maximum absolute atomic E-state index is 4.81. The summed E-state index contributed by atoms with van der Waals surface area (Å²) in [5.74, 6) is 0.988. The summed E-state index contributed by atoms with van der Waals surface area (Å²) < 4.78 is 2.34. The molecule has 24 heavy (non-hydrogen) atoms. The van der Waals surface area contributed by atoms with Gasteiger partial charge in [0, 0.05) is 18.0 Å². The zero-order valence-corrected chi connectivity index (χ0v) is 14.8. The number of anilines is 1. The smallest absolute Gasteiger partial charge is 0.204 e. The minimum atomic E-state index is 0.838. The van der Waals surface area contributed by atoms with Gasteiger partial charge in [0.2, 0.25) is 5.95 Å². The van der Waals surface area contributed by atoms with Crippen molar-refractivity contribution in [3.63, 3.8) is 0 Å². The fraction of sp³-hybridized carbons (Fsp3) is 0.421. The summed E-state index contributed by atoms with van der Waals surface area (Å²) in [6.45, 7) is 5.42. The second-order valence-electron chi connectivity index (χ2n) is 6.41. The average molecular weight is 340 g/mol. The van der Waals surface area contributed by atoms with E-state index >= 15 is 0 Å². The predicted molar refractivity (Wildman–Crippen MR) is 102 cm³/mol. The van der Waals surface area contributed by atoms with E-state index in [1.807, 2.05) is 0 Å². The molecule has 0 atom stereocenters. The molecule has 0 aliphatic carbocycles. The summed E-state index contributed by atoms with van der Waals surface area (Å²) in [5.41, 5.74) is 2.30. The molecule has 1 fully saturated rings. The molecule has 1 saturated heterocycles. The Morgan fingerprint density at radius 3 is 2.71 bits per heavy atom. The Labute approximate surface area is 147 Å². The van der Waals surface area contributed by atoms with E-state index < -0.39 is 0 Å². The van der Waals surface area contributed by atoms with Crippen LogP contribution in [0.3, 0.4) is 0 Å². The van der Waals surface area contributed by atoms with E-state index in [0.29, 0.717) is 0 Å². The van der Waals surface area contributed by atoms with E-state index in [1.165, 1.54) is 42.7 Å². The van der Waals surface area contributed by atoms with Crippen molar-refractivity contribution in [2.75, 3.05) is 25.0 Å². The molecule has 0 saturated carbocycles. The summed E-state index contributed by atoms with van der Waals surface area (Å²) in [6, 6.07) is 12.7. The van der Waals surface area contributed by atoms with Crippen LogP contribution in [0.1, 0.15) is 24.1 Å². The second kappa shape index (κ2) is 7.36. The van der Waals surface area contributed by atoms with Crippen LogP contribution < -0.4 is 5.32 Å². The van der Waals surface area contributed by atoms with Gasteiger partial charge in [-0.2, -0.15) is 0 Å². The molecule has 0 radical (unpaired) electrons. The number of piperidine rings is 1. The van der Waals surface area contributed by atoms with Crippen LogP contribution in [0.4, 0.5) is 5.95 Å². The van der Waals surface area contributed by atoms with Crippen LogP contribution in [0.2, 0.25) is 0 Å². The molecule has 5 heteroatoms. The molecule has 0 amide bonds. The van der Waals surface area contributed by atoms with Crippen molar-refractivity contribution in [2.24, 2.45) is 0 Å². The van der Waals surface area contributed by atoms with Crippen molar-refractivity contribution in [3.8, 4) is 0 Å². The maximum Gasteiger partial charge on any atom is 0.204 e. The number of aromatic nitrogens is 2. The zero-order valence-electron chi connectivity index (χ0n) is 13.9. The van der Waals surface area contributed by atoms with Crippen LogP contribution in [-0.2, 0) is 13.1 Å². The van der Waals surface area contributed by atoms with Gasteiger partial charge in [-0.05, 0) is 49.5 Å². The first-order chi connectivity index (χ1) is 11.9. The number of nitrogens with zero attached hydrogens (tertiary/aromatic N) is 3. The summed E-state index contributed by atoms with van der Waals surface area (Å²) in [5, 5.41) is 5.66. The lowest BCUT2D eigenvalue weighted by molar-refractivity contribution is 0.222. The number of benzene rings is 1. The van der Waals surface area contributed by atoms with Gasteiger partial charge < -0.3 is 14.8 Å². The van der Waals surface area contributed by atoms with Gasteiger partial charge in [0.1, 0.15) is 0 Å². The molecule has 0 spiro atoms. The fourth-order valence-corrected chi connectivity index (χ4v) is 4.09. The van der Waals surface area contributed by atoms with Crippen LogP contribution in [0.5, 0.6) is 0 Å². The Balaban J connectivity index is 1.53. The molecule has 2 aromatic heterocycles. The van der Waals surface area contributed by atoms with Gasteiger partial charge in [-0.15, -0.1) is 11.3 Å². The molecule has 1 aromatic carbocycles. The number of nitrogens with one attached hydrogen (secondary N) is 1. The van der Waals surface area contributed by atoms with Gasteiger partial charge in [0.05, 0.1) is 17.6 Å². The van der Waals surface area contributed by atoms with Crippen molar-refractivity contribution in [1.82, 2.24) is 14.5 Å².